The first-order valence-corrected chi connectivity index (χ1v) is 5.68. The number of benzene rings is 1. The topological polar surface area (TPSA) is 85.2 Å². The van der Waals surface area contributed by atoms with E-state index >= 15 is 0 Å². The standard InChI is InChI=1S/C13H14N2O3/c1-2-18-11(16)7-9-8-5-3-4-6-10(8)15-12(9)13(14)17/h3-6,15H,2,7H2,1H3,(H2,14,17). The minimum absolute atomic E-state index is 0.0378. The van der Waals surface area contributed by atoms with Crippen molar-refractivity contribution in [3.63, 3.8) is 0 Å². The molecule has 2 aromatic rings. The van der Waals surface area contributed by atoms with Gasteiger partial charge in [0, 0.05) is 16.5 Å². The van der Waals surface area contributed by atoms with Gasteiger partial charge in [0.05, 0.1) is 13.0 Å². The summed E-state index contributed by atoms with van der Waals surface area (Å²) in [5, 5.41) is 0.819. The van der Waals surface area contributed by atoms with E-state index in [0.29, 0.717) is 12.2 Å². The first kappa shape index (κ1) is 12.2. The lowest BCUT2D eigenvalue weighted by molar-refractivity contribution is -0.142. The van der Waals surface area contributed by atoms with Gasteiger partial charge in [-0.1, -0.05) is 18.2 Å². The van der Waals surface area contributed by atoms with Gasteiger partial charge in [-0.05, 0) is 13.0 Å². The van der Waals surface area contributed by atoms with Crippen LogP contribution in [0.2, 0.25) is 0 Å². The quantitative estimate of drug-likeness (QED) is 0.799. The number of esters is 1. The fraction of sp³-hybridized carbons (Fsp3) is 0.231. The van der Waals surface area contributed by atoms with Crippen molar-refractivity contribution in [2.45, 2.75) is 13.3 Å². The molecule has 3 N–H and O–H groups in total. The van der Waals surface area contributed by atoms with Crippen LogP contribution in [-0.2, 0) is 16.0 Å². The van der Waals surface area contributed by atoms with Crippen LogP contribution in [0, 0.1) is 0 Å². The van der Waals surface area contributed by atoms with Gasteiger partial charge in [0.2, 0.25) is 0 Å². The lowest BCUT2D eigenvalue weighted by Gasteiger charge is -2.02. The highest BCUT2D eigenvalue weighted by atomic mass is 16.5. The van der Waals surface area contributed by atoms with Gasteiger partial charge in [0.15, 0.2) is 0 Å². The summed E-state index contributed by atoms with van der Waals surface area (Å²) in [4.78, 5) is 25.8. The molecule has 2 rings (SSSR count). The molecule has 0 aliphatic carbocycles. The Morgan fingerprint density at radius 3 is 2.72 bits per heavy atom. The van der Waals surface area contributed by atoms with Crippen LogP contribution in [0.5, 0.6) is 0 Å². The average molecular weight is 246 g/mol. The Hall–Kier alpha value is -2.30. The van der Waals surface area contributed by atoms with E-state index in [1.165, 1.54) is 0 Å². The van der Waals surface area contributed by atoms with Crippen LogP contribution in [0.1, 0.15) is 23.0 Å². The number of primary amides is 1. The van der Waals surface area contributed by atoms with Crippen LogP contribution in [0.15, 0.2) is 24.3 Å². The zero-order valence-electron chi connectivity index (χ0n) is 10.0. The fourth-order valence-corrected chi connectivity index (χ4v) is 1.95. The van der Waals surface area contributed by atoms with Crippen molar-refractivity contribution in [1.29, 1.82) is 0 Å². The number of aromatic nitrogens is 1. The van der Waals surface area contributed by atoms with Gasteiger partial charge in [-0.15, -0.1) is 0 Å². The predicted molar refractivity (Wildman–Crippen MR) is 67.2 cm³/mol. The lowest BCUT2D eigenvalue weighted by Crippen LogP contribution is -2.16. The van der Waals surface area contributed by atoms with Crippen molar-refractivity contribution >= 4 is 22.8 Å². The Morgan fingerprint density at radius 2 is 2.06 bits per heavy atom. The molecule has 0 radical (unpaired) electrons. The molecule has 0 unspecified atom stereocenters. The summed E-state index contributed by atoms with van der Waals surface area (Å²) in [6.07, 6.45) is 0.0378. The predicted octanol–water partition coefficient (Wildman–Crippen LogP) is 1.37. The molecule has 1 heterocycles. The third-order valence-electron chi connectivity index (χ3n) is 2.69. The number of para-hydroxylation sites is 1. The Morgan fingerprint density at radius 1 is 1.33 bits per heavy atom. The van der Waals surface area contributed by atoms with E-state index < -0.39 is 5.91 Å². The molecule has 1 amide bonds. The third kappa shape index (κ3) is 2.20. The second kappa shape index (κ2) is 4.91. The number of nitrogens with one attached hydrogen (secondary N) is 1. The summed E-state index contributed by atoms with van der Waals surface area (Å²) in [6.45, 7) is 2.05. The molecule has 0 aliphatic heterocycles. The molecule has 18 heavy (non-hydrogen) atoms. The van der Waals surface area contributed by atoms with Gasteiger partial charge in [-0.25, -0.2) is 0 Å². The molecule has 1 aromatic carbocycles. The third-order valence-corrected chi connectivity index (χ3v) is 2.69. The van der Waals surface area contributed by atoms with Crippen LogP contribution in [-0.4, -0.2) is 23.5 Å². The molecular formula is C13H14N2O3. The number of amides is 1. The number of aromatic amines is 1. The largest absolute Gasteiger partial charge is 0.466 e. The number of carbonyl (C=O) groups excluding carboxylic acids is 2. The lowest BCUT2D eigenvalue weighted by atomic mass is 10.1. The molecule has 94 valence electrons. The number of H-pyrrole nitrogens is 1. The van der Waals surface area contributed by atoms with Crippen molar-refractivity contribution in [3.8, 4) is 0 Å². The molecule has 5 nitrogen and oxygen atoms in total. The highest BCUT2D eigenvalue weighted by Crippen LogP contribution is 2.22. The summed E-state index contributed by atoms with van der Waals surface area (Å²) in [6, 6.07) is 7.36. The van der Waals surface area contributed by atoms with Crippen molar-refractivity contribution in [3.05, 3.63) is 35.5 Å². The van der Waals surface area contributed by atoms with Crippen molar-refractivity contribution in [2.75, 3.05) is 6.61 Å². The van der Waals surface area contributed by atoms with Gasteiger partial charge < -0.3 is 15.5 Å². The van der Waals surface area contributed by atoms with E-state index in [-0.39, 0.29) is 18.1 Å². The molecule has 0 aliphatic rings. The summed E-state index contributed by atoms with van der Waals surface area (Å²) >= 11 is 0. The van der Waals surface area contributed by atoms with Crippen LogP contribution < -0.4 is 5.73 Å². The van der Waals surface area contributed by atoms with Crippen molar-refractivity contribution in [2.24, 2.45) is 5.73 Å². The summed E-state index contributed by atoms with van der Waals surface area (Å²) in [5.74, 6) is -0.949. The number of fused-ring (bicyclic) bond motifs is 1. The molecule has 0 bridgehead atoms. The maximum absolute atomic E-state index is 11.5. The van der Waals surface area contributed by atoms with Gasteiger partial charge in [-0.2, -0.15) is 0 Å². The highest BCUT2D eigenvalue weighted by Gasteiger charge is 2.18. The molecular weight excluding hydrogens is 232 g/mol. The first-order chi connectivity index (χ1) is 8.63. The van der Waals surface area contributed by atoms with Gasteiger partial charge in [-0.3, -0.25) is 9.59 Å². The number of rotatable bonds is 4. The van der Waals surface area contributed by atoms with Crippen molar-refractivity contribution in [1.82, 2.24) is 4.98 Å². The number of carbonyl (C=O) groups is 2. The Bertz CT molecular complexity index is 601. The maximum atomic E-state index is 11.5. The van der Waals surface area contributed by atoms with Crippen LogP contribution >= 0.6 is 0 Å². The second-order valence-corrected chi connectivity index (χ2v) is 3.87. The smallest absolute Gasteiger partial charge is 0.310 e. The van der Waals surface area contributed by atoms with E-state index in [1.807, 2.05) is 24.3 Å². The Labute approximate surface area is 104 Å². The van der Waals surface area contributed by atoms with E-state index in [4.69, 9.17) is 10.5 Å². The summed E-state index contributed by atoms with van der Waals surface area (Å²) < 4.78 is 4.89. The fourth-order valence-electron chi connectivity index (χ4n) is 1.95. The molecule has 0 fully saturated rings. The molecule has 0 saturated carbocycles. The SMILES string of the molecule is CCOC(=O)Cc1c(C(N)=O)[nH]c2ccccc12. The number of ether oxygens (including phenoxy) is 1. The summed E-state index contributed by atoms with van der Waals surface area (Å²) in [7, 11) is 0. The Kier molecular flexibility index (Phi) is 3.32. The normalized spacial score (nSPS) is 10.5. The van der Waals surface area contributed by atoms with Gasteiger partial charge >= 0.3 is 5.97 Å². The monoisotopic (exact) mass is 246 g/mol. The molecule has 0 atom stereocenters. The molecule has 1 aromatic heterocycles. The van der Waals surface area contributed by atoms with Gasteiger partial charge in [0.1, 0.15) is 5.69 Å². The van der Waals surface area contributed by atoms with E-state index in [0.717, 1.165) is 10.9 Å². The average Bonchev–Trinajstić information content (AvgIpc) is 2.69. The maximum Gasteiger partial charge on any atom is 0.310 e. The Balaban J connectivity index is 2.48. The minimum Gasteiger partial charge on any atom is -0.466 e. The second-order valence-electron chi connectivity index (χ2n) is 3.87. The molecule has 5 heteroatoms. The molecule has 0 saturated heterocycles. The number of hydrogen-bond donors (Lipinski definition) is 2. The van der Waals surface area contributed by atoms with E-state index in [2.05, 4.69) is 4.98 Å². The highest BCUT2D eigenvalue weighted by molar-refractivity contribution is 6.01. The zero-order chi connectivity index (χ0) is 13.1. The van der Waals surface area contributed by atoms with Gasteiger partial charge in [0.25, 0.3) is 5.91 Å². The van der Waals surface area contributed by atoms with E-state index in [1.54, 1.807) is 6.92 Å². The first-order valence-electron chi connectivity index (χ1n) is 5.68. The number of hydrogen-bond acceptors (Lipinski definition) is 3. The van der Waals surface area contributed by atoms with E-state index in [9.17, 15) is 9.59 Å². The van der Waals surface area contributed by atoms with Crippen LogP contribution in [0.3, 0.4) is 0 Å². The van der Waals surface area contributed by atoms with Crippen molar-refractivity contribution < 1.29 is 14.3 Å². The minimum atomic E-state index is -0.578. The van der Waals surface area contributed by atoms with Crippen LogP contribution in [0.4, 0.5) is 0 Å². The summed E-state index contributed by atoms with van der Waals surface area (Å²) in [5.41, 5.74) is 6.95. The number of nitrogens with two attached hydrogens (primary N) is 1. The molecule has 0 spiro atoms. The van der Waals surface area contributed by atoms with Crippen LogP contribution in [0.25, 0.3) is 10.9 Å². The zero-order valence-corrected chi connectivity index (χ0v) is 10.0.